The first kappa shape index (κ1) is 21.6. The van der Waals surface area contributed by atoms with Crippen molar-refractivity contribution in [3.63, 3.8) is 0 Å². The van der Waals surface area contributed by atoms with E-state index in [1.807, 2.05) is 20.2 Å². The first-order chi connectivity index (χ1) is 12.6. The average molecular weight is 501 g/mol. The number of hydrogen-bond donors (Lipinski definition) is 2. The fourth-order valence-corrected chi connectivity index (χ4v) is 3.51. The molecule has 8 heteroatoms. The monoisotopic (exact) mass is 501 g/mol. The van der Waals surface area contributed by atoms with Gasteiger partial charge in [0.1, 0.15) is 5.82 Å². The van der Waals surface area contributed by atoms with Gasteiger partial charge in [0.25, 0.3) is 0 Å². The number of guanidine groups is 1. The van der Waals surface area contributed by atoms with Crippen molar-refractivity contribution in [2.45, 2.75) is 26.8 Å². The van der Waals surface area contributed by atoms with E-state index in [1.54, 1.807) is 23.5 Å². The van der Waals surface area contributed by atoms with Crippen LogP contribution in [0.1, 0.15) is 23.2 Å². The van der Waals surface area contributed by atoms with E-state index in [-0.39, 0.29) is 29.8 Å². The van der Waals surface area contributed by atoms with Gasteiger partial charge < -0.3 is 15.2 Å². The van der Waals surface area contributed by atoms with Crippen LogP contribution in [-0.2, 0) is 13.0 Å². The van der Waals surface area contributed by atoms with Gasteiger partial charge in [0.15, 0.2) is 5.96 Å². The van der Waals surface area contributed by atoms with Gasteiger partial charge in [-0.05, 0) is 44.0 Å². The quantitative estimate of drug-likeness (QED) is 0.301. The van der Waals surface area contributed by atoms with E-state index in [2.05, 4.69) is 32.5 Å². The Morgan fingerprint density at radius 1 is 1.41 bits per heavy atom. The molecule has 0 unspecified atom stereocenters. The average Bonchev–Trinajstić information content (AvgIpc) is 3.20. The normalized spacial score (nSPS) is 11.5. The van der Waals surface area contributed by atoms with Gasteiger partial charge in [-0.25, -0.2) is 9.37 Å². The lowest BCUT2D eigenvalue weighted by Gasteiger charge is -2.21. The summed E-state index contributed by atoms with van der Waals surface area (Å²) in [7, 11) is 2.01. The number of thiazole rings is 1. The summed E-state index contributed by atoms with van der Waals surface area (Å²) in [5.41, 5.74) is 3.08. The van der Waals surface area contributed by atoms with Crippen LogP contribution in [0, 0.1) is 12.7 Å². The minimum atomic E-state index is -0.214. The predicted octanol–water partition coefficient (Wildman–Crippen LogP) is 4.33. The van der Waals surface area contributed by atoms with E-state index in [9.17, 15) is 4.39 Å². The second kappa shape index (κ2) is 10.0. The molecule has 0 amide bonds. The number of hydrogen-bond acceptors (Lipinski definition) is 3. The third kappa shape index (κ3) is 5.65. The van der Waals surface area contributed by atoms with Crippen molar-refractivity contribution in [3.05, 3.63) is 51.9 Å². The molecule has 0 aliphatic rings. The summed E-state index contributed by atoms with van der Waals surface area (Å²) < 4.78 is 13.5. The van der Waals surface area contributed by atoms with E-state index in [4.69, 9.17) is 4.99 Å². The highest BCUT2D eigenvalue weighted by molar-refractivity contribution is 14.0. The Balaban J connectivity index is 0.00000261. The molecule has 2 aromatic heterocycles. The van der Waals surface area contributed by atoms with Crippen LogP contribution in [0.2, 0.25) is 0 Å². The molecule has 0 saturated heterocycles. The molecule has 2 N–H and O–H groups in total. The van der Waals surface area contributed by atoms with E-state index in [1.165, 1.54) is 6.07 Å². The first-order valence-corrected chi connectivity index (χ1v) is 9.60. The molecule has 27 heavy (non-hydrogen) atoms. The molecular weight excluding hydrogens is 476 g/mol. The van der Waals surface area contributed by atoms with Crippen LogP contribution in [0.5, 0.6) is 0 Å². The Morgan fingerprint density at radius 3 is 2.93 bits per heavy atom. The molecule has 0 atom stereocenters. The summed E-state index contributed by atoms with van der Waals surface area (Å²) in [6, 6.07) is 4.82. The highest BCUT2D eigenvalue weighted by Gasteiger charge is 2.09. The molecule has 3 rings (SSSR count). The van der Waals surface area contributed by atoms with Gasteiger partial charge in [-0.3, -0.25) is 4.99 Å². The van der Waals surface area contributed by atoms with Crippen LogP contribution in [0.25, 0.3) is 10.9 Å². The minimum absolute atomic E-state index is 0. The van der Waals surface area contributed by atoms with Crippen molar-refractivity contribution in [2.24, 2.45) is 4.99 Å². The Labute approximate surface area is 180 Å². The molecule has 0 saturated carbocycles. The van der Waals surface area contributed by atoms with Gasteiger partial charge in [0.05, 0.1) is 17.2 Å². The maximum Gasteiger partial charge on any atom is 0.194 e. The summed E-state index contributed by atoms with van der Waals surface area (Å²) >= 11 is 1.66. The van der Waals surface area contributed by atoms with Crippen molar-refractivity contribution in [3.8, 4) is 0 Å². The summed E-state index contributed by atoms with van der Waals surface area (Å²) in [4.78, 5) is 14.5. The molecule has 2 heterocycles. The number of aryl methyl sites for hydroxylation is 1. The van der Waals surface area contributed by atoms with Crippen LogP contribution in [0.3, 0.4) is 0 Å². The van der Waals surface area contributed by atoms with Gasteiger partial charge in [-0.2, -0.15) is 0 Å². The van der Waals surface area contributed by atoms with Crippen molar-refractivity contribution >= 4 is 52.2 Å². The van der Waals surface area contributed by atoms with Crippen LogP contribution in [0.4, 0.5) is 4.39 Å². The zero-order valence-electron chi connectivity index (χ0n) is 15.8. The molecule has 0 aliphatic carbocycles. The summed E-state index contributed by atoms with van der Waals surface area (Å²) in [6.07, 6.45) is 2.69. The fraction of sp³-hybridized carbons (Fsp3) is 0.368. The van der Waals surface area contributed by atoms with Crippen LogP contribution >= 0.6 is 35.3 Å². The second-order valence-corrected chi connectivity index (χ2v) is 7.27. The van der Waals surface area contributed by atoms with Gasteiger partial charge >= 0.3 is 0 Å². The lowest BCUT2D eigenvalue weighted by atomic mass is 10.1. The molecule has 0 aliphatic heterocycles. The van der Waals surface area contributed by atoms with E-state index in [0.29, 0.717) is 13.1 Å². The molecule has 0 fully saturated rings. The summed E-state index contributed by atoms with van der Waals surface area (Å²) in [6.45, 7) is 6.22. The summed E-state index contributed by atoms with van der Waals surface area (Å²) in [5, 5.41) is 7.40. The number of fused-ring (bicyclic) bond motifs is 1. The van der Waals surface area contributed by atoms with Crippen molar-refractivity contribution < 1.29 is 4.39 Å². The molecule has 0 radical (unpaired) electrons. The molecule has 5 nitrogen and oxygen atoms in total. The lowest BCUT2D eigenvalue weighted by molar-refractivity contribution is 0.471. The van der Waals surface area contributed by atoms with E-state index >= 15 is 0 Å². The first-order valence-electron chi connectivity index (χ1n) is 8.72. The van der Waals surface area contributed by atoms with Gasteiger partial charge in [0, 0.05) is 42.6 Å². The van der Waals surface area contributed by atoms with Gasteiger partial charge in [-0.1, -0.05) is 0 Å². The van der Waals surface area contributed by atoms with E-state index < -0.39 is 0 Å². The maximum absolute atomic E-state index is 13.5. The molecule has 0 spiro atoms. The Bertz CT molecular complexity index is 905. The highest BCUT2D eigenvalue weighted by atomic mass is 127. The molecular formula is C19H25FIN5S. The second-order valence-electron chi connectivity index (χ2n) is 6.20. The minimum Gasteiger partial charge on any atom is -0.361 e. The van der Waals surface area contributed by atoms with Crippen LogP contribution in [-0.4, -0.2) is 41.0 Å². The maximum atomic E-state index is 13.5. The number of halogens is 2. The molecule has 146 valence electrons. The topological polar surface area (TPSA) is 56.3 Å². The summed E-state index contributed by atoms with van der Waals surface area (Å²) in [5.74, 6) is 0.637. The fourth-order valence-electron chi connectivity index (χ4n) is 2.91. The van der Waals surface area contributed by atoms with Gasteiger partial charge in [-0.15, -0.1) is 35.3 Å². The number of nitrogens with zero attached hydrogens (tertiary/aromatic N) is 3. The van der Waals surface area contributed by atoms with Crippen molar-refractivity contribution in [1.82, 2.24) is 20.2 Å². The smallest absolute Gasteiger partial charge is 0.194 e. The Morgan fingerprint density at radius 2 is 2.22 bits per heavy atom. The lowest BCUT2D eigenvalue weighted by Crippen LogP contribution is -2.38. The van der Waals surface area contributed by atoms with Crippen molar-refractivity contribution in [1.29, 1.82) is 0 Å². The van der Waals surface area contributed by atoms with E-state index in [0.717, 1.165) is 46.1 Å². The van der Waals surface area contributed by atoms with Crippen LogP contribution < -0.4 is 5.32 Å². The largest absolute Gasteiger partial charge is 0.361 e. The predicted molar refractivity (Wildman–Crippen MR) is 122 cm³/mol. The zero-order valence-corrected chi connectivity index (χ0v) is 18.9. The molecule has 1 aromatic carbocycles. The zero-order chi connectivity index (χ0) is 18.5. The number of aliphatic imine (C=N–C) groups is 1. The standard InChI is InChI=1S/C19H24FN5S.HI/c1-4-21-19(25(3)11-16-12-26-13(2)24-16)22-8-7-14-10-23-18-6-5-15(20)9-17(14)18;/h5-6,9-10,12,23H,4,7-8,11H2,1-3H3,(H,21,22);1H. The van der Waals surface area contributed by atoms with Crippen LogP contribution in [0.15, 0.2) is 34.8 Å². The number of aromatic amines is 1. The molecule has 0 bridgehead atoms. The number of H-pyrrole nitrogens is 1. The third-order valence-electron chi connectivity index (χ3n) is 4.13. The Kier molecular flexibility index (Phi) is 8.03. The number of rotatable bonds is 6. The number of nitrogens with one attached hydrogen (secondary N) is 2. The number of aromatic nitrogens is 2. The highest BCUT2D eigenvalue weighted by Crippen LogP contribution is 2.19. The third-order valence-corrected chi connectivity index (χ3v) is 4.96. The molecule has 3 aromatic rings. The van der Waals surface area contributed by atoms with Gasteiger partial charge in [0.2, 0.25) is 0 Å². The van der Waals surface area contributed by atoms with Crippen molar-refractivity contribution in [2.75, 3.05) is 20.1 Å². The number of benzene rings is 1. The SMILES string of the molecule is CCNC(=NCCc1c[nH]c2ccc(F)cc12)N(C)Cc1csc(C)n1.I. The Hall–Kier alpha value is -1.68.